The van der Waals surface area contributed by atoms with Crippen molar-refractivity contribution in [2.75, 3.05) is 11.9 Å². The summed E-state index contributed by atoms with van der Waals surface area (Å²) in [4.78, 5) is 18.9. The van der Waals surface area contributed by atoms with Gasteiger partial charge < -0.3 is 14.7 Å². The summed E-state index contributed by atoms with van der Waals surface area (Å²) in [7, 11) is 0. The zero-order valence-corrected chi connectivity index (χ0v) is 14.2. The van der Waals surface area contributed by atoms with Gasteiger partial charge in [-0.2, -0.15) is 10.1 Å². The lowest BCUT2D eigenvalue weighted by Crippen LogP contribution is -2.38. The highest BCUT2D eigenvalue weighted by molar-refractivity contribution is 5.89. The quantitative estimate of drug-likeness (QED) is 0.929. The standard InChI is InChI=1S/C16H24N6O2/c1-3-8-21-11-13(10-17-21)19-16(23)22-9-6-4-5-7-14(22)15-18-12(2)24-20-15/h10-11,14H,3-9H2,1-2H3,(H,19,23). The summed E-state index contributed by atoms with van der Waals surface area (Å²) in [6.45, 7) is 5.38. The molecule has 0 spiro atoms. The summed E-state index contributed by atoms with van der Waals surface area (Å²) in [6.07, 6.45) is 8.52. The molecule has 1 atom stereocenters. The third-order valence-electron chi connectivity index (χ3n) is 4.19. The van der Waals surface area contributed by atoms with E-state index in [0.717, 1.165) is 38.6 Å². The lowest BCUT2D eigenvalue weighted by Gasteiger charge is -2.27. The first kappa shape index (κ1) is 16.5. The SMILES string of the molecule is CCCn1cc(NC(=O)N2CCCCCC2c2noc(C)n2)cn1. The largest absolute Gasteiger partial charge is 0.340 e. The van der Waals surface area contributed by atoms with Gasteiger partial charge in [-0.25, -0.2) is 4.79 Å². The Labute approximate surface area is 141 Å². The van der Waals surface area contributed by atoms with Crippen molar-refractivity contribution in [1.82, 2.24) is 24.8 Å². The minimum atomic E-state index is -0.143. The normalized spacial score (nSPS) is 18.4. The molecule has 0 radical (unpaired) electrons. The van der Waals surface area contributed by atoms with Crippen LogP contribution in [0.25, 0.3) is 0 Å². The van der Waals surface area contributed by atoms with Crippen molar-refractivity contribution in [2.45, 2.75) is 58.5 Å². The van der Waals surface area contributed by atoms with E-state index in [2.05, 4.69) is 27.5 Å². The molecule has 130 valence electrons. The van der Waals surface area contributed by atoms with Crippen molar-refractivity contribution < 1.29 is 9.32 Å². The van der Waals surface area contributed by atoms with E-state index in [1.54, 1.807) is 13.1 Å². The molecule has 0 bridgehead atoms. The maximum Gasteiger partial charge on any atom is 0.322 e. The lowest BCUT2D eigenvalue weighted by atomic mass is 10.1. The Bertz CT molecular complexity index is 680. The minimum absolute atomic E-state index is 0.139. The van der Waals surface area contributed by atoms with Gasteiger partial charge in [-0.05, 0) is 19.3 Å². The maximum atomic E-state index is 12.8. The van der Waals surface area contributed by atoms with Crippen LogP contribution in [-0.4, -0.2) is 37.4 Å². The number of aromatic nitrogens is 4. The van der Waals surface area contributed by atoms with Crippen molar-refractivity contribution in [3.8, 4) is 0 Å². The topological polar surface area (TPSA) is 89.1 Å². The highest BCUT2D eigenvalue weighted by Gasteiger charge is 2.30. The van der Waals surface area contributed by atoms with Crippen LogP contribution in [0.5, 0.6) is 0 Å². The molecule has 8 heteroatoms. The number of anilines is 1. The van der Waals surface area contributed by atoms with Gasteiger partial charge in [0, 0.05) is 26.2 Å². The Balaban J connectivity index is 1.73. The van der Waals surface area contributed by atoms with Crippen LogP contribution in [0.2, 0.25) is 0 Å². The Hall–Kier alpha value is -2.38. The molecule has 1 aliphatic heterocycles. The third kappa shape index (κ3) is 3.74. The summed E-state index contributed by atoms with van der Waals surface area (Å²) in [5, 5.41) is 11.2. The molecule has 2 amide bonds. The van der Waals surface area contributed by atoms with Crippen LogP contribution in [0, 0.1) is 6.92 Å². The van der Waals surface area contributed by atoms with Crippen molar-refractivity contribution in [3.05, 3.63) is 24.1 Å². The van der Waals surface area contributed by atoms with Gasteiger partial charge in [-0.15, -0.1) is 0 Å². The predicted molar refractivity (Wildman–Crippen MR) is 88.5 cm³/mol. The number of carbonyl (C=O) groups is 1. The van der Waals surface area contributed by atoms with Crippen LogP contribution in [0.4, 0.5) is 10.5 Å². The van der Waals surface area contributed by atoms with Crippen LogP contribution in [0.3, 0.4) is 0 Å². The van der Waals surface area contributed by atoms with Gasteiger partial charge in [0.15, 0.2) is 5.82 Å². The minimum Gasteiger partial charge on any atom is -0.340 e. The first-order valence-electron chi connectivity index (χ1n) is 8.57. The highest BCUT2D eigenvalue weighted by atomic mass is 16.5. The molecule has 3 rings (SSSR count). The van der Waals surface area contributed by atoms with E-state index < -0.39 is 0 Å². The van der Waals surface area contributed by atoms with E-state index in [-0.39, 0.29) is 12.1 Å². The summed E-state index contributed by atoms with van der Waals surface area (Å²) in [5.74, 6) is 1.11. The number of amides is 2. The molecule has 0 aromatic carbocycles. The molecule has 24 heavy (non-hydrogen) atoms. The molecule has 1 N–H and O–H groups in total. The number of urea groups is 1. The van der Waals surface area contributed by atoms with Crippen LogP contribution in [0.15, 0.2) is 16.9 Å². The highest BCUT2D eigenvalue weighted by Crippen LogP contribution is 2.29. The lowest BCUT2D eigenvalue weighted by molar-refractivity contribution is 0.184. The van der Waals surface area contributed by atoms with E-state index in [1.165, 1.54) is 0 Å². The van der Waals surface area contributed by atoms with Crippen molar-refractivity contribution in [3.63, 3.8) is 0 Å². The molecular weight excluding hydrogens is 308 g/mol. The number of aryl methyl sites for hydroxylation is 2. The second-order valence-corrected chi connectivity index (χ2v) is 6.15. The Morgan fingerprint density at radius 3 is 3.04 bits per heavy atom. The molecule has 1 aliphatic rings. The molecule has 2 aromatic heterocycles. The van der Waals surface area contributed by atoms with E-state index in [4.69, 9.17) is 4.52 Å². The van der Waals surface area contributed by atoms with E-state index in [9.17, 15) is 4.79 Å². The average Bonchev–Trinajstić information content (AvgIpc) is 3.09. The van der Waals surface area contributed by atoms with Gasteiger partial charge in [0.1, 0.15) is 0 Å². The summed E-state index contributed by atoms with van der Waals surface area (Å²) < 4.78 is 6.93. The first-order valence-corrected chi connectivity index (χ1v) is 8.57. The van der Waals surface area contributed by atoms with E-state index in [0.29, 0.717) is 23.9 Å². The molecule has 2 aromatic rings. The zero-order valence-electron chi connectivity index (χ0n) is 14.2. The van der Waals surface area contributed by atoms with Crippen LogP contribution in [-0.2, 0) is 6.54 Å². The molecule has 3 heterocycles. The maximum absolute atomic E-state index is 12.8. The van der Waals surface area contributed by atoms with Gasteiger partial charge >= 0.3 is 6.03 Å². The number of nitrogens with zero attached hydrogens (tertiary/aromatic N) is 5. The molecule has 1 unspecified atom stereocenters. The molecular formula is C16H24N6O2. The van der Waals surface area contributed by atoms with E-state index >= 15 is 0 Å². The molecule has 1 fully saturated rings. The number of hydrogen-bond donors (Lipinski definition) is 1. The number of hydrogen-bond acceptors (Lipinski definition) is 5. The van der Waals surface area contributed by atoms with Crippen molar-refractivity contribution >= 4 is 11.7 Å². The van der Waals surface area contributed by atoms with Crippen molar-refractivity contribution in [2.24, 2.45) is 0 Å². The number of rotatable bonds is 4. The fourth-order valence-corrected chi connectivity index (χ4v) is 3.04. The summed E-state index contributed by atoms with van der Waals surface area (Å²) in [5.41, 5.74) is 0.709. The number of carbonyl (C=O) groups excluding carboxylic acids is 1. The fraction of sp³-hybridized carbons (Fsp3) is 0.625. The predicted octanol–water partition coefficient (Wildman–Crippen LogP) is 3.13. The van der Waals surface area contributed by atoms with E-state index in [1.807, 2.05) is 15.8 Å². The first-order chi connectivity index (χ1) is 11.7. The van der Waals surface area contributed by atoms with Crippen LogP contribution in [0.1, 0.15) is 56.8 Å². The Morgan fingerprint density at radius 2 is 2.29 bits per heavy atom. The van der Waals surface area contributed by atoms with Crippen molar-refractivity contribution in [1.29, 1.82) is 0 Å². The van der Waals surface area contributed by atoms with Crippen LogP contribution >= 0.6 is 0 Å². The third-order valence-corrected chi connectivity index (χ3v) is 4.19. The van der Waals surface area contributed by atoms with Gasteiger partial charge in [-0.3, -0.25) is 4.68 Å². The second-order valence-electron chi connectivity index (χ2n) is 6.15. The monoisotopic (exact) mass is 332 g/mol. The Morgan fingerprint density at radius 1 is 1.42 bits per heavy atom. The van der Waals surface area contributed by atoms with Gasteiger partial charge in [-0.1, -0.05) is 24.9 Å². The van der Waals surface area contributed by atoms with Crippen LogP contribution < -0.4 is 5.32 Å². The smallest absolute Gasteiger partial charge is 0.322 e. The molecule has 0 saturated carbocycles. The summed E-state index contributed by atoms with van der Waals surface area (Å²) in [6, 6.07) is -0.281. The fourth-order valence-electron chi connectivity index (χ4n) is 3.04. The second kappa shape index (κ2) is 7.46. The van der Waals surface area contributed by atoms with Gasteiger partial charge in [0.25, 0.3) is 0 Å². The molecule has 1 saturated heterocycles. The summed E-state index contributed by atoms with van der Waals surface area (Å²) >= 11 is 0. The molecule has 0 aliphatic carbocycles. The van der Waals surface area contributed by atoms with Gasteiger partial charge in [0.2, 0.25) is 5.89 Å². The molecule has 8 nitrogen and oxygen atoms in total. The average molecular weight is 332 g/mol. The zero-order chi connectivity index (χ0) is 16.9. The number of nitrogens with one attached hydrogen (secondary N) is 1. The Kier molecular flexibility index (Phi) is 5.12. The number of likely N-dealkylation sites (tertiary alicyclic amines) is 1. The van der Waals surface area contributed by atoms with Gasteiger partial charge in [0.05, 0.1) is 17.9 Å².